The molecule has 1 aliphatic heterocycles. The maximum Gasteiger partial charge on any atom is 0.339 e. The number of carbonyl (C=O) groups is 2. The van der Waals surface area contributed by atoms with Crippen LogP contribution in [0.3, 0.4) is 0 Å². The first kappa shape index (κ1) is 23.0. The van der Waals surface area contributed by atoms with Gasteiger partial charge in [0.15, 0.2) is 18.5 Å². The van der Waals surface area contributed by atoms with E-state index in [0.29, 0.717) is 6.42 Å². The van der Waals surface area contributed by atoms with Gasteiger partial charge < -0.3 is 28.8 Å². The van der Waals surface area contributed by atoms with Crippen molar-refractivity contribution in [3.8, 4) is 0 Å². The maximum absolute atomic E-state index is 12.3. The lowest BCUT2D eigenvalue weighted by molar-refractivity contribution is -0.304. The number of unbranched alkanes of at least 4 members (excludes halogenated alkanes) is 1. The van der Waals surface area contributed by atoms with Crippen molar-refractivity contribution >= 4 is 11.9 Å². The summed E-state index contributed by atoms with van der Waals surface area (Å²) in [6.07, 6.45) is -2.81. The SMILES string of the molecule is C=CCCCO[C@@H]1O[C@@H](C(=O)OC)[C@@H](OC(C)=O)[C@H](OCc2ccccc2)[C@@H]1O. The molecular weight excluding hydrogens is 380 g/mol. The number of methoxy groups -OCH3 is 1. The number of benzene rings is 1. The largest absolute Gasteiger partial charge is 0.467 e. The molecule has 29 heavy (non-hydrogen) atoms. The molecule has 1 aromatic carbocycles. The van der Waals surface area contributed by atoms with Crippen LogP contribution in [0.2, 0.25) is 0 Å². The van der Waals surface area contributed by atoms with Crippen molar-refractivity contribution < 1.29 is 38.4 Å². The molecular formula is C21H28O8. The van der Waals surface area contributed by atoms with Gasteiger partial charge in [0.1, 0.15) is 12.2 Å². The molecule has 0 aromatic heterocycles. The highest BCUT2D eigenvalue weighted by Crippen LogP contribution is 2.28. The quantitative estimate of drug-likeness (QED) is 0.355. The topological polar surface area (TPSA) is 101 Å². The Labute approximate surface area is 170 Å². The maximum atomic E-state index is 12.3. The first-order chi connectivity index (χ1) is 14.0. The Balaban J connectivity index is 2.20. The molecule has 8 nitrogen and oxygen atoms in total. The monoisotopic (exact) mass is 408 g/mol. The van der Waals surface area contributed by atoms with E-state index in [-0.39, 0.29) is 13.2 Å². The van der Waals surface area contributed by atoms with Gasteiger partial charge in [-0.3, -0.25) is 4.79 Å². The summed E-state index contributed by atoms with van der Waals surface area (Å²) in [6, 6.07) is 9.28. The Bertz CT molecular complexity index is 662. The summed E-state index contributed by atoms with van der Waals surface area (Å²) in [5, 5.41) is 10.8. The van der Waals surface area contributed by atoms with Gasteiger partial charge in [-0.05, 0) is 18.4 Å². The van der Waals surface area contributed by atoms with Crippen LogP contribution in [0.1, 0.15) is 25.3 Å². The first-order valence-corrected chi connectivity index (χ1v) is 9.44. The number of aliphatic hydroxyl groups excluding tert-OH is 1. The van der Waals surface area contributed by atoms with E-state index in [4.69, 9.17) is 23.7 Å². The number of hydrogen-bond donors (Lipinski definition) is 1. The van der Waals surface area contributed by atoms with Crippen LogP contribution >= 0.6 is 0 Å². The molecule has 0 unspecified atom stereocenters. The van der Waals surface area contributed by atoms with Gasteiger partial charge in [0.2, 0.25) is 0 Å². The molecule has 0 saturated carbocycles. The van der Waals surface area contributed by atoms with E-state index in [1.807, 2.05) is 30.3 Å². The van der Waals surface area contributed by atoms with Gasteiger partial charge in [-0.15, -0.1) is 6.58 Å². The Morgan fingerprint density at radius 2 is 1.93 bits per heavy atom. The van der Waals surface area contributed by atoms with Gasteiger partial charge in [0, 0.05) is 6.92 Å². The van der Waals surface area contributed by atoms with E-state index < -0.39 is 42.6 Å². The van der Waals surface area contributed by atoms with E-state index >= 15 is 0 Å². The van der Waals surface area contributed by atoms with Crippen molar-refractivity contribution in [2.75, 3.05) is 13.7 Å². The van der Waals surface area contributed by atoms with E-state index in [2.05, 4.69) is 6.58 Å². The minimum Gasteiger partial charge on any atom is -0.467 e. The summed E-state index contributed by atoms with van der Waals surface area (Å²) in [6.45, 7) is 5.26. The number of esters is 2. The van der Waals surface area contributed by atoms with Crippen LogP contribution in [-0.4, -0.2) is 61.5 Å². The smallest absolute Gasteiger partial charge is 0.339 e. The number of hydrogen-bond acceptors (Lipinski definition) is 8. The van der Waals surface area contributed by atoms with Crippen molar-refractivity contribution in [3.05, 3.63) is 48.6 Å². The molecule has 0 amide bonds. The molecule has 0 aliphatic carbocycles. The second-order valence-corrected chi connectivity index (χ2v) is 6.58. The fourth-order valence-corrected chi connectivity index (χ4v) is 2.98. The van der Waals surface area contributed by atoms with Gasteiger partial charge in [0.25, 0.3) is 0 Å². The van der Waals surface area contributed by atoms with Gasteiger partial charge >= 0.3 is 11.9 Å². The van der Waals surface area contributed by atoms with Gasteiger partial charge in [0.05, 0.1) is 20.3 Å². The Kier molecular flexibility index (Phi) is 9.27. The van der Waals surface area contributed by atoms with E-state index in [1.165, 1.54) is 14.0 Å². The predicted molar refractivity (Wildman–Crippen MR) is 103 cm³/mol. The molecule has 160 valence electrons. The second-order valence-electron chi connectivity index (χ2n) is 6.58. The molecule has 1 saturated heterocycles. The lowest BCUT2D eigenvalue weighted by Gasteiger charge is -2.42. The molecule has 1 N–H and O–H groups in total. The highest BCUT2D eigenvalue weighted by molar-refractivity contribution is 5.76. The zero-order chi connectivity index (χ0) is 21.2. The fourth-order valence-electron chi connectivity index (χ4n) is 2.98. The Morgan fingerprint density at radius 1 is 1.21 bits per heavy atom. The number of aliphatic hydroxyl groups is 1. The van der Waals surface area contributed by atoms with Crippen LogP contribution in [0.5, 0.6) is 0 Å². The number of ether oxygens (including phenoxy) is 5. The molecule has 0 spiro atoms. The van der Waals surface area contributed by atoms with E-state index in [0.717, 1.165) is 12.0 Å². The minimum atomic E-state index is -1.29. The van der Waals surface area contributed by atoms with Crippen LogP contribution in [-0.2, 0) is 39.9 Å². The minimum absolute atomic E-state index is 0.136. The standard InChI is InChI=1S/C21H28O8/c1-4-5-9-12-26-21-16(23)17(27-13-15-10-7-6-8-11-15)18(28-14(2)22)19(29-21)20(24)25-3/h4,6-8,10-11,16-19,21,23H,1,5,9,12-13H2,2-3H3/t16-,17+,18-,19+,21+/m0/s1. The highest BCUT2D eigenvalue weighted by Gasteiger charge is 2.51. The third kappa shape index (κ3) is 6.64. The average Bonchev–Trinajstić information content (AvgIpc) is 2.72. The lowest BCUT2D eigenvalue weighted by Crippen LogP contribution is -2.62. The van der Waals surface area contributed by atoms with Gasteiger partial charge in [-0.25, -0.2) is 4.79 Å². The van der Waals surface area contributed by atoms with Crippen LogP contribution in [0.25, 0.3) is 0 Å². The van der Waals surface area contributed by atoms with Crippen molar-refractivity contribution in [1.29, 1.82) is 0 Å². The number of allylic oxidation sites excluding steroid dienone is 1. The third-order valence-electron chi connectivity index (χ3n) is 4.37. The Hall–Kier alpha value is -2.26. The molecule has 8 heteroatoms. The molecule has 1 fully saturated rings. The molecule has 1 aliphatic rings. The van der Waals surface area contributed by atoms with Crippen molar-refractivity contribution in [1.82, 2.24) is 0 Å². The summed E-state index contributed by atoms with van der Waals surface area (Å²) < 4.78 is 27.1. The molecule has 1 heterocycles. The van der Waals surface area contributed by atoms with Crippen LogP contribution in [0.15, 0.2) is 43.0 Å². The van der Waals surface area contributed by atoms with Crippen molar-refractivity contribution in [3.63, 3.8) is 0 Å². The summed E-state index contributed by atoms with van der Waals surface area (Å²) in [7, 11) is 1.20. The first-order valence-electron chi connectivity index (χ1n) is 9.44. The number of rotatable bonds is 10. The highest BCUT2D eigenvalue weighted by atomic mass is 16.7. The van der Waals surface area contributed by atoms with E-state index in [9.17, 15) is 14.7 Å². The summed E-state index contributed by atoms with van der Waals surface area (Å²) in [4.78, 5) is 23.9. The van der Waals surface area contributed by atoms with Crippen LogP contribution < -0.4 is 0 Å². The summed E-state index contributed by atoms with van der Waals surface area (Å²) in [5.41, 5.74) is 0.853. The summed E-state index contributed by atoms with van der Waals surface area (Å²) in [5.74, 6) is -1.39. The molecule has 0 bridgehead atoms. The molecule has 2 rings (SSSR count). The fraction of sp³-hybridized carbons (Fsp3) is 0.524. The Morgan fingerprint density at radius 3 is 2.55 bits per heavy atom. The van der Waals surface area contributed by atoms with Crippen LogP contribution in [0, 0.1) is 0 Å². The van der Waals surface area contributed by atoms with Crippen LogP contribution in [0.4, 0.5) is 0 Å². The normalized spacial score (nSPS) is 26.5. The molecule has 1 aromatic rings. The predicted octanol–water partition coefficient (Wildman–Crippen LogP) is 1.75. The lowest BCUT2D eigenvalue weighted by atomic mass is 9.98. The molecule has 5 atom stereocenters. The van der Waals surface area contributed by atoms with Gasteiger partial charge in [-0.1, -0.05) is 36.4 Å². The van der Waals surface area contributed by atoms with Crippen molar-refractivity contribution in [2.24, 2.45) is 0 Å². The summed E-state index contributed by atoms with van der Waals surface area (Å²) >= 11 is 0. The van der Waals surface area contributed by atoms with Crippen molar-refractivity contribution in [2.45, 2.75) is 57.1 Å². The zero-order valence-electron chi connectivity index (χ0n) is 16.7. The van der Waals surface area contributed by atoms with Gasteiger partial charge in [-0.2, -0.15) is 0 Å². The average molecular weight is 408 g/mol. The third-order valence-corrected chi connectivity index (χ3v) is 4.37. The van der Waals surface area contributed by atoms with E-state index in [1.54, 1.807) is 6.08 Å². The zero-order valence-corrected chi connectivity index (χ0v) is 16.7. The molecule has 0 radical (unpaired) electrons. The number of carbonyl (C=O) groups excluding carboxylic acids is 2. The second kappa shape index (κ2) is 11.7.